The SMILES string of the molecule is F.F.F.[NaH].[NaH]. The van der Waals surface area contributed by atoms with E-state index in [0.717, 1.165) is 0 Å². The molecule has 0 saturated heterocycles. The Morgan fingerprint density at radius 3 is 0.400 bits per heavy atom. The van der Waals surface area contributed by atoms with E-state index in [4.69, 9.17) is 0 Å². The Balaban J connectivity index is 0. The molecule has 0 nitrogen and oxygen atoms in total. The van der Waals surface area contributed by atoms with Crippen molar-refractivity contribution in [3.8, 4) is 0 Å². The maximum absolute atomic E-state index is 0. The summed E-state index contributed by atoms with van der Waals surface area (Å²) in [7, 11) is 0. The van der Waals surface area contributed by atoms with Crippen molar-refractivity contribution in [2.45, 2.75) is 0 Å². The topological polar surface area (TPSA) is 0 Å². The molecule has 0 aliphatic carbocycles. The molecule has 0 aromatic heterocycles. The molecule has 0 atom stereocenters. The second kappa shape index (κ2) is 41.5. The van der Waals surface area contributed by atoms with Gasteiger partial charge < -0.3 is 0 Å². The summed E-state index contributed by atoms with van der Waals surface area (Å²) in [5.74, 6) is 0. The normalized spacial score (nSPS) is 0. The Morgan fingerprint density at radius 1 is 0.400 bits per heavy atom. The van der Waals surface area contributed by atoms with Crippen LogP contribution in [0.2, 0.25) is 0 Å². The van der Waals surface area contributed by atoms with Crippen LogP contribution in [0.25, 0.3) is 0 Å². The van der Waals surface area contributed by atoms with E-state index >= 15 is 0 Å². The molecule has 0 rings (SSSR count). The van der Waals surface area contributed by atoms with Gasteiger partial charge in [-0.15, -0.1) is 0 Å². The molecule has 0 amide bonds. The molecule has 0 unspecified atom stereocenters. The van der Waals surface area contributed by atoms with Gasteiger partial charge in [-0.05, 0) is 0 Å². The second-order valence-corrected chi connectivity index (χ2v) is 0. The molecule has 0 aliphatic heterocycles. The van der Waals surface area contributed by atoms with E-state index in [9.17, 15) is 0 Å². The molecule has 0 bridgehead atoms. The molecule has 5 heavy (non-hydrogen) atoms. The quantitative estimate of drug-likeness (QED) is 0.355. The molecular weight excluding hydrogens is 103 g/mol. The van der Waals surface area contributed by atoms with Gasteiger partial charge in [-0.25, -0.2) is 0 Å². The van der Waals surface area contributed by atoms with Gasteiger partial charge in [0.25, 0.3) is 0 Å². The first-order valence-electron chi connectivity index (χ1n) is 0. The van der Waals surface area contributed by atoms with E-state index in [-0.39, 0.29) is 73.2 Å². The summed E-state index contributed by atoms with van der Waals surface area (Å²) in [6.07, 6.45) is 0. The van der Waals surface area contributed by atoms with Gasteiger partial charge in [-0.3, -0.25) is 14.1 Å². The Bertz CT molecular complexity index is 4.85. The van der Waals surface area contributed by atoms with Gasteiger partial charge in [0.05, 0.1) is 0 Å². The van der Waals surface area contributed by atoms with Crippen molar-refractivity contribution in [3.05, 3.63) is 0 Å². The number of hydrogen-bond donors (Lipinski definition) is 0. The van der Waals surface area contributed by atoms with Crippen LogP contribution in [-0.4, -0.2) is 59.1 Å². The van der Waals surface area contributed by atoms with Gasteiger partial charge in [-0.2, -0.15) is 0 Å². The Labute approximate surface area is 72.4 Å². The van der Waals surface area contributed by atoms with Crippen LogP contribution in [0.15, 0.2) is 0 Å². The van der Waals surface area contributed by atoms with E-state index in [0.29, 0.717) is 0 Å². The number of rotatable bonds is 0. The van der Waals surface area contributed by atoms with Gasteiger partial charge >= 0.3 is 59.1 Å². The van der Waals surface area contributed by atoms with Crippen molar-refractivity contribution in [2.75, 3.05) is 0 Å². The maximum atomic E-state index is 0. The fraction of sp³-hybridized carbons (Fsp3) is 0. The zero-order chi connectivity index (χ0) is 0. The molecule has 0 fully saturated rings. The first-order chi connectivity index (χ1) is 0. The fourth-order valence-corrected chi connectivity index (χ4v) is 0. The molecule has 28 valence electrons. The van der Waals surface area contributed by atoms with Crippen LogP contribution < -0.4 is 0 Å². The van der Waals surface area contributed by atoms with Crippen molar-refractivity contribution >= 4 is 59.1 Å². The van der Waals surface area contributed by atoms with E-state index in [1.165, 1.54) is 0 Å². The van der Waals surface area contributed by atoms with Crippen molar-refractivity contribution in [1.82, 2.24) is 0 Å². The van der Waals surface area contributed by atoms with E-state index < -0.39 is 0 Å². The van der Waals surface area contributed by atoms with Crippen LogP contribution in [0.3, 0.4) is 0 Å². The molecular formula is H5F3Na2. The Kier molecular flexibility index (Phi) is 589. The standard InChI is InChI=1S/3FH.2Na.2H/h3*1H;;;;. The minimum atomic E-state index is 0. The summed E-state index contributed by atoms with van der Waals surface area (Å²) in [4.78, 5) is 0. The van der Waals surface area contributed by atoms with Crippen LogP contribution in [0.1, 0.15) is 0 Å². The summed E-state index contributed by atoms with van der Waals surface area (Å²) >= 11 is 0. The third-order valence-corrected chi connectivity index (χ3v) is 0. The Hall–Kier alpha value is 1.79. The molecule has 0 heterocycles. The zero-order valence-corrected chi connectivity index (χ0v) is 1.22. The van der Waals surface area contributed by atoms with Gasteiger partial charge in [0.15, 0.2) is 0 Å². The van der Waals surface area contributed by atoms with Gasteiger partial charge in [0.1, 0.15) is 0 Å². The Morgan fingerprint density at radius 2 is 0.400 bits per heavy atom. The molecule has 0 spiro atoms. The summed E-state index contributed by atoms with van der Waals surface area (Å²) in [5.41, 5.74) is 0. The van der Waals surface area contributed by atoms with Crippen LogP contribution in [-0.2, 0) is 0 Å². The zero-order valence-electron chi connectivity index (χ0n) is 1.22. The molecule has 0 radical (unpaired) electrons. The second-order valence-electron chi connectivity index (χ2n) is 0. The third-order valence-electron chi connectivity index (χ3n) is 0. The van der Waals surface area contributed by atoms with E-state index in [1.807, 2.05) is 0 Å². The summed E-state index contributed by atoms with van der Waals surface area (Å²) < 4.78 is 0. The van der Waals surface area contributed by atoms with E-state index in [1.54, 1.807) is 0 Å². The van der Waals surface area contributed by atoms with Crippen LogP contribution in [0, 0.1) is 0 Å². The predicted octanol–water partition coefficient (Wildman–Crippen LogP) is -0.839. The molecule has 0 saturated carbocycles. The van der Waals surface area contributed by atoms with Crippen LogP contribution >= 0.6 is 0 Å². The summed E-state index contributed by atoms with van der Waals surface area (Å²) in [5, 5.41) is 0. The molecule has 5 heteroatoms. The third kappa shape index (κ3) is 26.0. The monoisotopic (exact) mass is 108 g/mol. The van der Waals surface area contributed by atoms with E-state index in [2.05, 4.69) is 0 Å². The molecule has 0 aromatic carbocycles. The average Bonchev–Trinajstić information content (AvgIpc) is 0. The average molecular weight is 108 g/mol. The summed E-state index contributed by atoms with van der Waals surface area (Å²) in [6, 6.07) is 0. The van der Waals surface area contributed by atoms with Crippen molar-refractivity contribution < 1.29 is 14.1 Å². The first kappa shape index (κ1) is 71.0. The number of halogens is 3. The molecule has 0 N–H and O–H groups in total. The minimum absolute atomic E-state index is 0. The van der Waals surface area contributed by atoms with Crippen molar-refractivity contribution in [1.29, 1.82) is 0 Å². The first-order valence-corrected chi connectivity index (χ1v) is 0. The van der Waals surface area contributed by atoms with Gasteiger partial charge in [0.2, 0.25) is 0 Å². The summed E-state index contributed by atoms with van der Waals surface area (Å²) in [6.45, 7) is 0. The van der Waals surface area contributed by atoms with Gasteiger partial charge in [0, 0.05) is 0 Å². The molecule has 0 aliphatic rings. The number of hydrogen-bond acceptors (Lipinski definition) is 0. The van der Waals surface area contributed by atoms with Crippen LogP contribution in [0.5, 0.6) is 0 Å². The predicted molar refractivity (Wildman–Crippen MR) is 21.8 cm³/mol. The van der Waals surface area contributed by atoms with Gasteiger partial charge in [-0.1, -0.05) is 0 Å². The van der Waals surface area contributed by atoms with Crippen LogP contribution in [0.4, 0.5) is 14.1 Å². The fourth-order valence-electron chi connectivity index (χ4n) is 0. The molecule has 0 aromatic rings. The van der Waals surface area contributed by atoms with Crippen molar-refractivity contribution in [3.63, 3.8) is 0 Å². The van der Waals surface area contributed by atoms with Crippen molar-refractivity contribution in [2.24, 2.45) is 0 Å².